The van der Waals surface area contributed by atoms with Crippen molar-refractivity contribution in [2.24, 2.45) is 4.99 Å². The lowest BCUT2D eigenvalue weighted by molar-refractivity contribution is 0.131. The largest absolute Gasteiger partial charge is 0.488 e. The standard InChI is InChI=1S/C12H17NO/c1-12(2,3)14-11-7-5-10(6-8-11)9-13-4/h5-9H,1-4H3. The van der Waals surface area contributed by atoms with E-state index in [1.54, 1.807) is 7.05 Å². The van der Waals surface area contributed by atoms with Crippen LogP contribution in [0.4, 0.5) is 0 Å². The summed E-state index contributed by atoms with van der Waals surface area (Å²) in [6, 6.07) is 7.91. The van der Waals surface area contributed by atoms with Crippen molar-refractivity contribution in [1.82, 2.24) is 0 Å². The Balaban J connectivity index is 2.74. The minimum absolute atomic E-state index is 0.139. The first kappa shape index (κ1) is 10.8. The second kappa shape index (κ2) is 4.27. The Labute approximate surface area is 85.6 Å². The molecule has 0 aliphatic heterocycles. The van der Waals surface area contributed by atoms with Gasteiger partial charge in [-0.3, -0.25) is 4.99 Å². The summed E-state index contributed by atoms with van der Waals surface area (Å²) >= 11 is 0. The molecule has 0 atom stereocenters. The molecule has 0 amide bonds. The summed E-state index contributed by atoms with van der Waals surface area (Å²) in [7, 11) is 1.76. The summed E-state index contributed by atoms with van der Waals surface area (Å²) in [5.41, 5.74) is 0.953. The molecule has 0 heterocycles. The van der Waals surface area contributed by atoms with Crippen LogP contribution in [-0.4, -0.2) is 18.9 Å². The maximum Gasteiger partial charge on any atom is 0.120 e. The van der Waals surface area contributed by atoms with Crippen LogP contribution in [0.25, 0.3) is 0 Å². The summed E-state index contributed by atoms with van der Waals surface area (Å²) in [6.07, 6.45) is 1.82. The fourth-order valence-corrected chi connectivity index (χ4v) is 1.12. The van der Waals surface area contributed by atoms with E-state index in [1.807, 2.05) is 51.3 Å². The molecule has 0 N–H and O–H groups in total. The average molecular weight is 191 g/mol. The lowest BCUT2D eigenvalue weighted by atomic mass is 10.2. The number of hydrogen-bond donors (Lipinski definition) is 0. The molecule has 0 unspecified atom stereocenters. The number of aliphatic imine (C=N–C) groups is 1. The number of nitrogens with zero attached hydrogens (tertiary/aromatic N) is 1. The molecule has 0 spiro atoms. The highest BCUT2D eigenvalue weighted by atomic mass is 16.5. The highest BCUT2D eigenvalue weighted by Gasteiger charge is 2.10. The van der Waals surface area contributed by atoms with Crippen LogP contribution in [0, 0.1) is 0 Å². The van der Waals surface area contributed by atoms with Crippen LogP contribution < -0.4 is 4.74 Å². The van der Waals surface area contributed by atoms with E-state index in [-0.39, 0.29) is 5.60 Å². The zero-order valence-corrected chi connectivity index (χ0v) is 9.24. The molecule has 76 valence electrons. The van der Waals surface area contributed by atoms with Gasteiger partial charge in [0.2, 0.25) is 0 Å². The Morgan fingerprint density at radius 3 is 2.14 bits per heavy atom. The Morgan fingerprint density at radius 1 is 1.14 bits per heavy atom. The monoisotopic (exact) mass is 191 g/mol. The van der Waals surface area contributed by atoms with Crippen molar-refractivity contribution >= 4 is 6.21 Å². The molecule has 0 radical (unpaired) electrons. The van der Waals surface area contributed by atoms with Crippen LogP contribution in [0.3, 0.4) is 0 Å². The molecule has 14 heavy (non-hydrogen) atoms. The molecular formula is C12H17NO. The Bertz CT molecular complexity index is 306. The van der Waals surface area contributed by atoms with Crippen molar-refractivity contribution in [1.29, 1.82) is 0 Å². The van der Waals surface area contributed by atoms with E-state index in [9.17, 15) is 0 Å². The maximum absolute atomic E-state index is 5.69. The van der Waals surface area contributed by atoms with Crippen LogP contribution in [-0.2, 0) is 0 Å². The van der Waals surface area contributed by atoms with Gasteiger partial charge in [0.1, 0.15) is 11.4 Å². The highest BCUT2D eigenvalue weighted by molar-refractivity contribution is 5.79. The van der Waals surface area contributed by atoms with Crippen LogP contribution in [0.2, 0.25) is 0 Å². The van der Waals surface area contributed by atoms with Gasteiger partial charge < -0.3 is 4.74 Å². The van der Waals surface area contributed by atoms with E-state index in [1.165, 1.54) is 0 Å². The first-order chi connectivity index (χ1) is 6.51. The highest BCUT2D eigenvalue weighted by Crippen LogP contribution is 2.17. The summed E-state index contributed by atoms with van der Waals surface area (Å²) in [5.74, 6) is 0.894. The van der Waals surface area contributed by atoms with Gasteiger partial charge in [-0.2, -0.15) is 0 Å². The molecule has 1 aromatic carbocycles. The molecule has 2 nitrogen and oxygen atoms in total. The molecule has 1 rings (SSSR count). The Hall–Kier alpha value is -1.31. The van der Waals surface area contributed by atoms with Gasteiger partial charge in [-0.05, 0) is 50.6 Å². The third-order valence-corrected chi connectivity index (χ3v) is 1.58. The third-order valence-electron chi connectivity index (χ3n) is 1.58. The number of ether oxygens (including phenoxy) is 1. The smallest absolute Gasteiger partial charge is 0.120 e. The Morgan fingerprint density at radius 2 is 1.71 bits per heavy atom. The van der Waals surface area contributed by atoms with Crippen LogP contribution in [0.1, 0.15) is 26.3 Å². The molecule has 1 aromatic rings. The van der Waals surface area contributed by atoms with Crippen molar-refractivity contribution in [3.8, 4) is 5.75 Å². The van der Waals surface area contributed by atoms with Crippen LogP contribution in [0.15, 0.2) is 29.3 Å². The normalized spacial score (nSPS) is 12.0. The molecule has 0 saturated heterocycles. The minimum atomic E-state index is -0.139. The second-order valence-corrected chi connectivity index (χ2v) is 4.17. The maximum atomic E-state index is 5.69. The van der Waals surface area contributed by atoms with Crippen LogP contribution >= 0.6 is 0 Å². The predicted octanol–water partition coefficient (Wildman–Crippen LogP) is 2.91. The predicted molar refractivity (Wildman–Crippen MR) is 60.3 cm³/mol. The van der Waals surface area contributed by atoms with E-state index < -0.39 is 0 Å². The van der Waals surface area contributed by atoms with Crippen molar-refractivity contribution < 1.29 is 4.74 Å². The SMILES string of the molecule is CN=Cc1ccc(OC(C)(C)C)cc1. The molecular weight excluding hydrogens is 174 g/mol. The van der Waals surface area contributed by atoms with Gasteiger partial charge in [0.05, 0.1) is 0 Å². The fourth-order valence-electron chi connectivity index (χ4n) is 1.12. The third kappa shape index (κ3) is 3.60. The molecule has 0 aliphatic carbocycles. The summed E-state index contributed by atoms with van der Waals surface area (Å²) < 4.78 is 5.69. The molecule has 0 fully saturated rings. The van der Waals surface area contributed by atoms with Gasteiger partial charge in [0.25, 0.3) is 0 Å². The molecule has 0 bridgehead atoms. The van der Waals surface area contributed by atoms with Crippen LogP contribution in [0.5, 0.6) is 5.75 Å². The zero-order chi connectivity index (χ0) is 10.6. The molecule has 0 aromatic heterocycles. The first-order valence-electron chi connectivity index (χ1n) is 4.72. The molecule has 0 aliphatic rings. The van der Waals surface area contributed by atoms with Gasteiger partial charge >= 0.3 is 0 Å². The lowest BCUT2D eigenvalue weighted by Gasteiger charge is -2.21. The van der Waals surface area contributed by atoms with Crippen molar-refractivity contribution in [3.05, 3.63) is 29.8 Å². The number of benzene rings is 1. The zero-order valence-electron chi connectivity index (χ0n) is 9.24. The van der Waals surface area contributed by atoms with E-state index >= 15 is 0 Å². The molecule has 0 saturated carbocycles. The van der Waals surface area contributed by atoms with Crippen molar-refractivity contribution in [3.63, 3.8) is 0 Å². The lowest BCUT2D eigenvalue weighted by Crippen LogP contribution is -2.22. The van der Waals surface area contributed by atoms with Crippen molar-refractivity contribution in [2.45, 2.75) is 26.4 Å². The minimum Gasteiger partial charge on any atom is -0.488 e. The van der Waals surface area contributed by atoms with E-state index in [0.717, 1.165) is 11.3 Å². The topological polar surface area (TPSA) is 21.6 Å². The first-order valence-corrected chi connectivity index (χ1v) is 4.72. The summed E-state index contributed by atoms with van der Waals surface area (Å²) in [5, 5.41) is 0. The quantitative estimate of drug-likeness (QED) is 0.659. The van der Waals surface area contributed by atoms with Gasteiger partial charge in [0.15, 0.2) is 0 Å². The fraction of sp³-hybridized carbons (Fsp3) is 0.417. The van der Waals surface area contributed by atoms with E-state index in [4.69, 9.17) is 4.74 Å². The van der Waals surface area contributed by atoms with Gasteiger partial charge in [-0.15, -0.1) is 0 Å². The summed E-state index contributed by atoms with van der Waals surface area (Å²) in [6.45, 7) is 6.11. The Kier molecular flexibility index (Phi) is 3.28. The van der Waals surface area contributed by atoms with E-state index in [0.29, 0.717) is 0 Å². The van der Waals surface area contributed by atoms with Gasteiger partial charge in [-0.1, -0.05) is 0 Å². The molecule has 2 heteroatoms. The van der Waals surface area contributed by atoms with Gasteiger partial charge in [0, 0.05) is 13.3 Å². The average Bonchev–Trinajstić information content (AvgIpc) is 2.06. The number of hydrogen-bond acceptors (Lipinski definition) is 2. The number of rotatable bonds is 2. The summed E-state index contributed by atoms with van der Waals surface area (Å²) in [4.78, 5) is 3.94. The van der Waals surface area contributed by atoms with Crippen molar-refractivity contribution in [2.75, 3.05) is 7.05 Å². The van der Waals surface area contributed by atoms with Gasteiger partial charge in [-0.25, -0.2) is 0 Å². The van der Waals surface area contributed by atoms with E-state index in [2.05, 4.69) is 4.99 Å². The second-order valence-electron chi connectivity index (χ2n) is 4.17.